The Morgan fingerprint density at radius 1 is 1.27 bits per heavy atom. The largest absolute Gasteiger partial charge is 0.478 e. The number of aliphatic hydroxyl groups is 1. The lowest BCUT2D eigenvalue weighted by molar-refractivity contribution is -0.132. The highest BCUT2D eigenvalue weighted by molar-refractivity contribution is 5.91. The van der Waals surface area contributed by atoms with Gasteiger partial charge in [-0.25, -0.2) is 4.79 Å². The first-order chi connectivity index (χ1) is 10.1. The van der Waals surface area contributed by atoms with E-state index in [1.54, 1.807) is 6.08 Å². The summed E-state index contributed by atoms with van der Waals surface area (Å²) in [6.07, 6.45) is 8.43. The molecule has 1 rings (SSSR count). The Labute approximate surface area is 131 Å². The van der Waals surface area contributed by atoms with E-state index in [1.165, 1.54) is 25.2 Å². The van der Waals surface area contributed by atoms with Crippen LogP contribution in [-0.2, 0) is 9.59 Å². The van der Waals surface area contributed by atoms with Gasteiger partial charge in [0.25, 0.3) is 0 Å². The first kappa shape index (κ1) is 18.1. The average molecular weight is 304 g/mol. The second-order valence-corrected chi connectivity index (χ2v) is 6.37. The molecule has 22 heavy (non-hydrogen) atoms. The predicted molar refractivity (Wildman–Crippen MR) is 86.4 cm³/mol. The summed E-state index contributed by atoms with van der Waals surface area (Å²) in [6, 6.07) is 0. The summed E-state index contributed by atoms with van der Waals surface area (Å²) in [5.74, 6) is -1.18. The summed E-state index contributed by atoms with van der Waals surface area (Å²) in [4.78, 5) is 22.1. The topological polar surface area (TPSA) is 74.6 Å². The van der Waals surface area contributed by atoms with Gasteiger partial charge in [-0.3, -0.25) is 4.79 Å². The molecule has 1 atom stereocenters. The third-order valence-corrected chi connectivity index (χ3v) is 3.76. The number of carboxylic acids is 1. The van der Waals surface area contributed by atoms with Crippen LogP contribution < -0.4 is 0 Å². The standard InChI is InChI=1S/C18H24O4/c1-12-10-15(20)11-18(3,4)16(12)9-8-14(17(21)22)7-5-6-13(2)19/h5-9,15,20H,10-11H2,1-4H3,(H,21,22)/b6-5+,9-8+,14-7-. The average Bonchev–Trinajstić information content (AvgIpc) is 2.33. The molecule has 2 N–H and O–H groups in total. The minimum absolute atomic E-state index is 0.111. The van der Waals surface area contributed by atoms with Crippen molar-refractivity contribution in [2.24, 2.45) is 5.41 Å². The molecule has 0 aromatic rings. The fourth-order valence-corrected chi connectivity index (χ4v) is 2.84. The zero-order valence-corrected chi connectivity index (χ0v) is 13.6. The smallest absolute Gasteiger partial charge is 0.335 e. The highest BCUT2D eigenvalue weighted by atomic mass is 16.4. The molecule has 0 amide bonds. The van der Waals surface area contributed by atoms with Crippen LogP contribution in [0.1, 0.15) is 40.5 Å². The second-order valence-electron chi connectivity index (χ2n) is 6.37. The van der Waals surface area contributed by atoms with Crippen LogP contribution in [0.25, 0.3) is 0 Å². The molecule has 0 fully saturated rings. The number of carbonyl (C=O) groups is 2. The molecule has 120 valence electrons. The summed E-state index contributed by atoms with van der Waals surface area (Å²) in [7, 11) is 0. The Kier molecular flexibility index (Phi) is 6.06. The first-order valence-electron chi connectivity index (χ1n) is 7.32. The van der Waals surface area contributed by atoms with Crippen molar-refractivity contribution >= 4 is 11.8 Å². The maximum absolute atomic E-state index is 11.2. The van der Waals surface area contributed by atoms with Crippen molar-refractivity contribution in [2.45, 2.75) is 46.6 Å². The van der Waals surface area contributed by atoms with E-state index in [9.17, 15) is 19.8 Å². The van der Waals surface area contributed by atoms with Crippen molar-refractivity contribution in [2.75, 3.05) is 0 Å². The Bertz CT molecular complexity index is 574. The SMILES string of the molecule is CC(=O)/C=C/C=C(/C=C/C1=C(C)CC(O)CC1(C)C)C(=O)O. The third kappa shape index (κ3) is 5.11. The minimum atomic E-state index is -1.05. The first-order valence-corrected chi connectivity index (χ1v) is 7.32. The van der Waals surface area contributed by atoms with Crippen LogP contribution >= 0.6 is 0 Å². The van der Waals surface area contributed by atoms with Gasteiger partial charge in [-0.1, -0.05) is 31.6 Å². The zero-order chi connectivity index (χ0) is 16.9. The summed E-state index contributed by atoms with van der Waals surface area (Å²) >= 11 is 0. The molecule has 0 aromatic carbocycles. The Hall–Kier alpha value is -1.94. The van der Waals surface area contributed by atoms with Gasteiger partial charge >= 0.3 is 5.97 Å². The molecule has 0 aromatic heterocycles. The summed E-state index contributed by atoms with van der Waals surface area (Å²) < 4.78 is 0. The van der Waals surface area contributed by atoms with E-state index in [0.29, 0.717) is 12.8 Å². The summed E-state index contributed by atoms with van der Waals surface area (Å²) in [5, 5.41) is 19.1. The molecule has 0 aliphatic heterocycles. The molecule has 4 nitrogen and oxygen atoms in total. The normalized spacial score (nSPS) is 22.6. The number of allylic oxidation sites excluding steroid dienone is 5. The van der Waals surface area contributed by atoms with E-state index in [1.807, 2.05) is 26.8 Å². The maximum atomic E-state index is 11.2. The number of carbonyl (C=O) groups excluding carboxylic acids is 1. The molecule has 1 aliphatic carbocycles. The zero-order valence-electron chi connectivity index (χ0n) is 13.6. The van der Waals surface area contributed by atoms with Gasteiger partial charge in [0.2, 0.25) is 0 Å². The lowest BCUT2D eigenvalue weighted by Gasteiger charge is -2.35. The van der Waals surface area contributed by atoms with Crippen molar-refractivity contribution in [3.8, 4) is 0 Å². The van der Waals surface area contributed by atoms with Crippen LogP contribution in [0.15, 0.2) is 47.1 Å². The van der Waals surface area contributed by atoms with Gasteiger partial charge in [-0.2, -0.15) is 0 Å². The van der Waals surface area contributed by atoms with Gasteiger partial charge < -0.3 is 10.2 Å². The number of carboxylic acid groups (broad SMARTS) is 1. The quantitative estimate of drug-likeness (QED) is 0.604. The number of hydrogen-bond donors (Lipinski definition) is 2. The van der Waals surface area contributed by atoms with Gasteiger partial charge in [-0.05, 0) is 55.9 Å². The van der Waals surface area contributed by atoms with Crippen molar-refractivity contribution in [3.05, 3.63) is 47.1 Å². The highest BCUT2D eigenvalue weighted by Crippen LogP contribution is 2.41. The fourth-order valence-electron chi connectivity index (χ4n) is 2.84. The number of hydrogen-bond acceptors (Lipinski definition) is 3. The van der Waals surface area contributed by atoms with E-state index in [-0.39, 0.29) is 22.9 Å². The number of aliphatic carboxylic acids is 1. The highest BCUT2D eigenvalue weighted by Gasteiger charge is 2.31. The lowest BCUT2D eigenvalue weighted by Crippen LogP contribution is -2.28. The van der Waals surface area contributed by atoms with E-state index in [0.717, 1.165) is 11.1 Å². The molecular weight excluding hydrogens is 280 g/mol. The van der Waals surface area contributed by atoms with Crippen LogP contribution in [0.5, 0.6) is 0 Å². The molecular formula is C18H24O4. The Morgan fingerprint density at radius 3 is 2.41 bits per heavy atom. The van der Waals surface area contributed by atoms with E-state index in [4.69, 9.17) is 0 Å². The Balaban J connectivity index is 3.07. The number of aliphatic hydroxyl groups excluding tert-OH is 1. The van der Waals surface area contributed by atoms with Gasteiger partial charge in [0.15, 0.2) is 5.78 Å². The lowest BCUT2D eigenvalue weighted by atomic mass is 9.71. The third-order valence-electron chi connectivity index (χ3n) is 3.76. The monoisotopic (exact) mass is 304 g/mol. The molecule has 0 radical (unpaired) electrons. The van der Waals surface area contributed by atoms with E-state index >= 15 is 0 Å². The van der Waals surface area contributed by atoms with Gasteiger partial charge in [0.1, 0.15) is 0 Å². The van der Waals surface area contributed by atoms with Gasteiger partial charge in [0.05, 0.1) is 11.7 Å². The minimum Gasteiger partial charge on any atom is -0.478 e. The Morgan fingerprint density at radius 2 is 1.91 bits per heavy atom. The van der Waals surface area contributed by atoms with Gasteiger partial charge in [0, 0.05) is 0 Å². The van der Waals surface area contributed by atoms with E-state index < -0.39 is 5.97 Å². The number of rotatable bonds is 5. The van der Waals surface area contributed by atoms with Gasteiger partial charge in [-0.15, -0.1) is 0 Å². The number of ketones is 1. The molecule has 0 saturated heterocycles. The fraction of sp³-hybridized carbons (Fsp3) is 0.444. The summed E-state index contributed by atoms with van der Waals surface area (Å²) in [5.41, 5.74) is 2.04. The van der Waals surface area contributed by atoms with Crippen LogP contribution in [-0.4, -0.2) is 28.1 Å². The molecule has 1 aliphatic rings. The predicted octanol–water partition coefficient (Wildman–Crippen LogP) is 3.20. The molecule has 0 heterocycles. The maximum Gasteiger partial charge on any atom is 0.335 e. The molecule has 4 heteroatoms. The summed E-state index contributed by atoms with van der Waals surface area (Å²) in [6.45, 7) is 7.45. The van der Waals surface area contributed by atoms with Crippen molar-refractivity contribution in [1.29, 1.82) is 0 Å². The molecule has 0 spiro atoms. The van der Waals surface area contributed by atoms with Crippen LogP contribution in [0.4, 0.5) is 0 Å². The molecule has 1 unspecified atom stereocenters. The van der Waals surface area contributed by atoms with Crippen molar-refractivity contribution in [1.82, 2.24) is 0 Å². The van der Waals surface area contributed by atoms with Crippen LogP contribution in [0.2, 0.25) is 0 Å². The van der Waals surface area contributed by atoms with Crippen molar-refractivity contribution < 1.29 is 19.8 Å². The van der Waals surface area contributed by atoms with Crippen LogP contribution in [0.3, 0.4) is 0 Å². The molecule has 0 bridgehead atoms. The molecule has 0 saturated carbocycles. The second kappa shape index (κ2) is 7.36. The van der Waals surface area contributed by atoms with Crippen molar-refractivity contribution in [3.63, 3.8) is 0 Å². The van der Waals surface area contributed by atoms with E-state index in [2.05, 4.69) is 0 Å². The van der Waals surface area contributed by atoms with Crippen LogP contribution in [0, 0.1) is 5.41 Å².